The molecule has 0 spiro atoms. The minimum atomic E-state index is -0.377. The number of benzene rings is 1. The second kappa shape index (κ2) is 4.82. The Morgan fingerprint density at radius 2 is 2.24 bits per heavy atom. The maximum atomic E-state index is 13.8. The Morgan fingerprint density at radius 1 is 1.38 bits per heavy atom. The Bertz CT molecular complexity index is 710. The summed E-state index contributed by atoms with van der Waals surface area (Å²) in [5, 5.41) is 8.51. The molecule has 2 atom stereocenters. The van der Waals surface area contributed by atoms with Gasteiger partial charge in [-0.15, -0.1) is 0 Å². The van der Waals surface area contributed by atoms with E-state index >= 15 is 0 Å². The van der Waals surface area contributed by atoms with Crippen LogP contribution >= 0.6 is 11.6 Å². The van der Waals surface area contributed by atoms with Crippen molar-refractivity contribution in [3.05, 3.63) is 40.3 Å². The van der Waals surface area contributed by atoms with Crippen molar-refractivity contribution in [3.63, 3.8) is 0 Å². The zero-order valence-electron chi connectivity index (χ0n) is 11.9. The normalized spacial score (nSPS) is 24.0. The molecule has 0 aliphatic carbocycles. The first-order chi connectivity index (χ1) is 10.1. The van der Waals surface area contributed by atoms with Crippen molar-refractivity contribution in [2.75, 3.05) is 0 Å². The van der Waals surface area contributed by atoms with E-state index in [-0.39, 0.29) is 10.8 Å². The molecule has 5 heteroatoms. The Balaban J connectivity index is 1.86. The van der Waals surface area contributed by atoms with Crippen molar-refractivity contribution >= 4 is 11.6 Å². The molecule has 1 aromatic carbocycles. The molecule has 0 radical (unpaired) electrons. The number of nitrogens with one attached hydrogen (secondary N) is 1. The summed E-state index contributed by atoms with van der Waals surface area (Å²) in [6.07, 6.45) is 4.57. The van der Waals surface area contributed by atoms with Crippen molar-refractivity contribution < 1.29 is 4.39 Å². The molecule has 2 aliphatic rings. The molecule has 0 amide bonds. The van der Waals surface area contributed by atoms with Gasteiger partial charge in [0.15, 0.2) is 0 Å². The van der Waals surface area contributed by atoms with Crippen LogP contribution < -0.4 is 5.32 Å². The van der Waals surface area contributed by atoms with Crippen LogP contribution in [0.25, 0.3) is 11.3 Å². The molecule has 3 nitrogen and oxygen atoms in total. The number of piperidine rings is 1. The largest absolute Gasteiger partial charge is 0.305 e. The lowest BCUT2D eigenvalue weighted by Gasteiger charge is -2.35. The third-order valence-electron chi connectivity index (χ3n) is 4.63. The average Bonchev–Trinajstić information content (AvgIpc) is 2.79. The van der Waals surface area contributed by atoms with Crippen LogP contribution in [-0.2, 0) is 13.5 Å². The summed E-state index contributed by atoms with van der Waals surface area (Å²) in [6.45, 7) is 0. The van der Waals surface area contributed by atoms with Gasteiger partial charge in [0, 0.05) is 24.2 Å². The highest BCUT2D eigenvalue weighted by Crippen LogP contribution is 2.39. The lowest BCUT2D eigenvalue weighted by atomic mass is 9.84. The number of fused-ring (bicyclic) bond motifs is 4. The molecule has 2 bridgehead atoms. The third kappa shape index (κ3) is 2.09. The molecule has 0 saturated carbocycles. The summed E-state index contributed by atoms with van der Waals surface area (Å²) in [4.78, 5) is 0. The second-order valence-electron chi connectivity index (χ2n) is 6.02. The molecule has 21 heavy (non-hydrogen) atoms. The minimum absolute atomic E-state index is 0.160. The fraction of sp³-hybridized carbons (Fsp3) is 0.438. The Kier molecular flexibility index (Phi) is 3.05. The molecule has 1 N–H and O–H groups in total. The van der Waals surface area contributed by atoms with Crippen LogP contribution in [0.2, 0.25) is 5.02 Å². The fourth-order valence-electron chi connectivity index (χ4n) is 3.72. The van der Waals surface area contributed by atoms with E-state index in [4.69, 9.17) is 16.7 Å². The number of aromatic nitrogens is 2. The van der Waals surface area contributed by atoms with E-state index in [0.29, 0.717) is 12.1 Å². The first-order valence-electron chi connectivity index (χ1n) is 7.40. The second-order valence-corrected chi connectivity index (χ2v) is 6.42. The first kappa shape index (κ1) is 13.3. The zero-order valence-corrected chi connectivity index (χ0v) is 12.6. The van der Waals surface area contributed by atoms with Crippen LogP contribution in [0.5, 0.6) is 0 Å². The van der Waals surface area contributed by atoms with Gasteiger partial charge in [-0.25, -0.2) is 4.39 Å². The van der Waals surface area contributed by atoms with E-state index in [0.717, 1.165) is 29.8 Å². The molecule has 1 saturated heterocycles. The summed E-state index contributed by atoms with van der Waals surface area (Å²) in [5.41, 5.74) is 4.29. The van der Waals surface area contributed by atoms with E-state index in [9.17, 15) is 4.39 Å². The number of nitrogens with zero attached hydrogens (tertiary/aromatic N) is 2. The fourth-order valence-corrected chi connectivity index (χ4v) is 3.83. The summed E-state index contributed by atoms with van der Waals surface area (Å²) < 4.78 is 15.7. The highest BCUT2D eigenvalue weighted by molar-refractivity contribution is 6.30. The van der Waals surface area contributed by atoms with Gasteiger partial charge < -0.3 is 5.32 Å². The van der Waals surface area contributed by atoms with E-state index in [1.54, 1.807) is 6.07 Å². The lowest BCUT2D eigenvalue weighted by Crippen LogP contribution is -2.42. The summed E-state index contributed by atoms with van der Waals surface area (Å²) in [5.74, 6) is -0.377. The monoisotopic (exact) mass is 305 g/mol. The van der Waals surface area contributed by atoms with Crippen LogP contribution in [0.4, 0.5) is 4.39 Å². The van der Waals surface area contributed by atoms with Gasteiger partial charge in [-0.1, -0.05) is 17.7 Å². The van der Waals surface area contributed by atoms with Crippen molar-refractivity contribution in [1.29, 1.82) is 0 Å². The Labute approximate surface area is 128 Å². The minimum Gasteiger partial charge on any atom is -0.305 e. The van der Waals surface area contributed by atoms with Crippen LogP contribution in [0.3, 0.4) is 0 Å². The van der Waals surface area contributed by atoms with E-state index in [2.05, 4.69) is 5.32 Å². The SMILES string of the molecule is Cn1nc2c(c1-c1ccc(Cl)c(F)c1)C[C@@H]1CCC[C@H]2N1. The van der Waals surface area contributed by atoms with Crippen molar-refractivity contribution in [3.8, 4) is 11.3 Å². The van der Waals surface area contributed by atoms with Crippen LogP contribution in [0.15, 0.2) is 18.2 Å². The first-order valence-corrected chi connectivity index (χ1v) is 7.78. The third-order valence-corrected chi connectivity index (χ3v) is 4.94. The van der Waals surface area contributed by atoms with Gasteiger partial charge in [-0.3, -0.25) is 4.68 Å². The molecular formula is C16H17ClFN3. The van der Waals surface area contributed by atoms with Crippen molar-refractivity contribution in [1.82, 2.24) is 15.1 Å². The Hall–Kier alpha value is -1.39. The van der Waals surface area contributed by atoms with Gasteiger partial charge in [0.05, 0.1) is 22.5 Å². The lowest BCUT2D eigenvalue weighted by molar-refractivity contribution is 0.297. The van der Waals surface area contributed by atoms with Crippen LogP contribution in [0, 0.1) is 5.82 Å². The number of hydrogen-bond acceptors (Lipinski definition) is 2. The maximum absolute atomic E-state index is 13.8. The van der Waals surface area contributed by atoms with Crippen LogP contribution in [0.1, 0.15) is 36.6 Å². The predicted octanol–water partition coefficient (Wildman–Crippen LogP) is 3.62. The zero-order chi connectivity index (χ0) is 14.6. The highest BCUT2D eigenvalue weighted by atomic mass is 35.5. The van der Waals surface area contributed by atoms with Gasteiger partial charge in [0.25, 0.3) is 0 Å². The summed E-state index contributed by atoms with van der Waals surface area (Å²) in [6, 6.07) is 5.88. The molecule has 2 aliphatic heterocycles. The molecule has 4 rings (SSSR count). The van der Waals surface area contributed by atoms with Gasteiger partial charge >= 0.3 is 0 Å². The molecule has 1 aromatic heterocycles. The van der Waals surface area contributed by atoms with Gasteiger partial charge in [0.1, 0.15) is 5.82 Å². The number of hydrogen-bond donors (Lipinski definition) is 1. The molecular weight excluding hydrogens is 289 g/mol. The Morgan fingerprint density at radius 3 is 3.05 bits per heavy atom. The van der Waals surface area contributed by atoms with E-state index < -0.39 is 0 Å². The molecule has 0 unspecified atom stereocenters. The number of aryl methyl sites for hydroxylation is 1. The molecule has 2 aromatic rings. The highest BCUT2D eigenvalue weighted by Gasteiger charge is 2.34. The standard InChI is InChI=1S/C16H17ClFN3/c1-21-16(9-5-6-12(17)13(18)7-9)11-8-10-3-2-4-14(19-10)15(11)20-21/h5-7,10,14,19H,2-4,8H2,1H3/t10-,14+/m0/s1. The smallest absolute Gasteiger partial charge is 0.142 e. The van der Waals surface area contributed by atoms with Gasteiger partial charge in [-0.2, -0.15) is 5.10 Å². The molecule has 1 fully saturated rings. The van der Waals surface area contributed by atoms with Crippen molar-refractivity contribution in [2.24, 2.45) is 7.05 Å². The van der Waals surface area contributed by atoms with E-state index in [1.807, 2.05) is 17.8 Å². The number of rotatable bonds is 1. The maximum Gasteiger partial charge on any atom is 0.142 e. The van der Waals surface area contributed by atoms with E-state index in [1.165, 1.54) is 24.5 Å². The summed E-state index contributed by atoms with van der Waals surface area (Å²) >= 11 is 5.80. The van der Waals surface area contributed by atoms with Crippen LogP contribution in [-0.4, -0.2) is 15.8 Å². The predicted molar refractivity (Wildman–Crippen MR) is 80.8 cm³/mol. The van der Waals surface area contributed by atoms with Crippen molar-refractivity contribution in [2.45, 2.75) is 37.8 Å². The molecule has 3 heterocycles. The summed E-state index contributed by atoms with van der Waals surface area (Å²) in [7, 11) is 1.93. The van der Waals surface area contributed by atoms with Gasteiger partial charge in [-0.05, 0) is 37.8 Å². The topological polar surface area (TPSA) is 29.9 Å². The quantitative estimate of drug-likeness (QED) is 0.872. The average molecular weight is 306 g/mol. The van der Waals surface area contributed by atoms with Gasteiger partial charge in [0.2, 0.25) is 0 Å². The molecule has 110 valence electrons. The number of halogens is 2.